The van der Waals surface area contributed by atoms with Crippen molar-refractivity contribution in [2.24, 2.45) is 0 Å². The number of anilines is 3. The Kier molecular flexibility index (Phi) is 8.53. The van der Waals surface area contributed by atoms with Crippen LogP contribution in [-0.2, 0) is 0 Å². The third-order valence-corrected chi connectivity index (χ3v) is 13.2. The van der Waals surface area contributed by atoms with Gasteiger partial charge in [0.05, 0.1) is 16.7 Å². The Morgan fingerprint density at radius 1 is 0.292 bits per heavy atom. The monoisotopic (exact) mass is 828 g/mol. The molecule has 0 saturated carbocycles. The third-order valence-electron chi connectivity index (χ3n) is 13.2. The first-order valence-electron chi connectivity index (χ1n) is 22.2. The highest BCUT2D eigenvalue weighted by Crippen LogP contribution is 2.44. The van der Waals surface area contributed by atoms with Gasteiger partial charge in [-0.3, -0.25) is 0 Å². The zero-order valence-corrected chi connectivity index (χ0v) is 35.4. The van der Waals surface area contributed by atoms with E-state index in [0.29, 0.717) is 0 Å². The summed E-state index contributed by atoms with van der Waals surface area (Å²) in [5, 5.41) is 9.68. The average Bonchev–Trinajstić information content (AvgIpc) is 3.92. The second kappa shape index (κ2) is 15.0. The number of aromatic nitrogens is 1. The topological polar surface area (TPSA) is 21.3 Å². The first-order valence-corrected chi connectivity index (χ1v) is 22.2. The SMILES string of the molecule is c1cc(-c2ccc3c(c2)oc2ccccc23)cc(N(c2ccc(-c3ccc(-c4cccc(-n5c6ccccc6c6ccccc65)c4)cc3)cc2)c2cc3ccccc3c3ccccc23)c1. The molecule has 2 aromatic heterocycles. The van der Waals surface area contributed by atoms with E-state index in [1.165, 1.54) is 60.0 Å². The zero-order chi connectivity index (χ0) is 42.8. The van der Waals surface area contributed by atoms with E-state index >= 15 is 0 Å². The van der Waals surface area contributed by atoms with Crippen LogP contribution < -0.4 is 4.90 Å². The lowest BCUT2D eigenvalue weighted by Gasteiger charge is -2.28. The average molecular weight is 829 g/mol. The lowest BCUT2D eigenvalue weighted by Crippen LogP contribution is -2.10. The van der Waals surface area contributed by atoms with Crippen LogP contribution in [0.2, 0.25) is 0 Å². The molecule has 0 radical (unpaired) electrons. The van der Waals surface area contributed by atoms with E-state index in [2.05, 4.69) is 240 Å². The van der Waals surface area contributed by atoms with E-state index in [1.54, 1.807) is 0 Å². The Morgan fingerprint density at radius 2 is 0.815 bits per heavy atom. The molecule has 3 heteroatoms. The third kappa shape index (κ3) is 6.20. The molecular weight excluding hydrogens is 789 g/mol. The van der Waals surface area contributed by atoms with Crippen molar-refractivity contribution >= 4 is 82.4 Å². The standard InChI is InChI=1S/C62H40N2O/c1-2-18-51-47(13-1)39-60(53-20-4-3-19-52(51)53)63(49-16-12-15-45(38-49)46-33-36-57-56-23-7-10-26-61(56)65-62(57)40-46)48-34-31-42(32-35-48)41-27-29-43(30-28-41)44-14-11-17-50(37-44)64-58-24-8-5-21-54(58)55-22-6-9-25-59(55)64/h1-40H. The van der Waals surface area contributed by atoms with Crippen LogP contribution in [0.1, 0.15) is 0 Å². The Morgan fingerprint density at radius 3 is 1.55 bits per heavy atom. The summed E-state index contributed by atoms with van der Waals surface area (Å²) >= 11 is 0. The van der Waals surface area contributed by atoms with Crippen molar-refractivity contribution in [2.75, 3.05) is 4.90 Å². The summed E-state index contributed by atoms with van der Waals surface area (Å²) in [6, 6.07) is 87.8. The number of hydrogen-bond donors (Lipinski definition) is 0. The fourth-order valence-electron chi connectivity index (χ4n) is 10.1. The molecule has 0 unspecified atom stereocenters. The van der Waals surface area contributed by atoms with Crippen LogP contribution in [0, 0.1) is 0 Å². The first-order chi connectivity index (χ1) is 32.2. The van der Waals surface area contributed by atoms with Crippen LogP contribution in [0.5, 0.6) is 0 Å². The van der Waals surface area contributed by atoms with Gasteiger partial charge in [-0.25, -0.2) is 0 Å². The normalized spacial score (nSPS) is 11.7. The van der Waals surface area contributed by atoms with Crippen molar-refractivity contribution < 1.29 is 4.42 Å². The lowest BCUT2D eigenvalue weighted by atomic mass is 9.97. The predicted octanol–water partition coefficient (Wildman–Crippen LogP) is 17.5. The van der Waals surface area contributed by atoms with E-state index in [-0.39, 0.29) is 0 Å². The largest absolute Gasteiger partial charge is 0.456 e. The van der Waals surface area contributed by atoms with Crippen molar-refractivity contribution in [3.63, 3.8) is 0 Å². The number of nitrogens with zero attached hydrogens (tertiary/aromatic N) is 2. The molecule has 0 saturated heterocycles. The molecule has 0 N–H and O–H groups in total. The van der Waals surface area contributed by atoms with Crippen LogP contribution in [-0.4, -0.2) is 4.57 Å². The van der Waals surface area contributed by atoms with E-state index in [9.17, 15) is 0 Å². The quantitative estimate of drug-likeness (QED) is 0.149. The molecule has 0 aliphatic carbocycles. The fraction of sp³-hybridized carbons (Fsp3) is 0. The van der Waals surface area contributed by atoms with Gasteiger partial charge in [0, 0.05) is 44.0 Å². The van der Waals surface area contributed by atoms with Gasteiger partial charge in [0.1, 0.15) is 11.2 Å². The van der Waals surface area contributed by atoms with Crippen LogP contribution >= 0.6 is 0 Å². The number of furan rings is 1. The molecule has 2 heterocycles. The summed E-state index contributed by atoms with van der Waals surface area (Å²) in [5.74, 6) is 0. The van der Waals surface area contributed by atoms with Gasteiger partial charge in [-0.1, -0.05) is 170 Å². The van der Waals surface area contributed by atoms with E-state index in [4.69, 9.17) is 4.42 Å². The highest BCUT2D eigenvalue weighted by atomic mass is 16.3. The molecule has 0 aliphatic heterocycles. The number of rotatable bonds is 7. The molecule has 0 fully saturated rings. The second-order valence-electron chi connectivity index (χ2n) is 16.9. The van der Waals surface area contributed by atoms with Crippen molar-refractivity contribution in [2.45, 2.75) is 0 Å². The fourth-order valence-corrected chi connectivity index (χ4v) is 10.1. The van der Waals surface area contributed by atoms with Crippen molar-refractivity contribution in [1.82, 2.24) is 4.57 Å². The van der Waals surface area contributed by atoms with Gasteiger partial charge in [-0.05, 0) is 122 Å². The highest BCUT2D eigenvalue weighted by molar-refractivity contribution is 6.15. The molecule has 0 aliphatic rings. The van der Waals surface area contributed by atoms with Gasteiger partial charge in [0.15, 0.2) is 0 Å². The summed E-state index contributed by atoms with van der Waals surface area (Å²) in [4.78, 5) is 2.41. The summed E-state index contributed by atoms with van der Waals surface area (Å²) in [6.07, 6.45) is 0. The Balaban J connectivity index is 0.877. The molecule has 13 aromatic rings. The molecular formula is C62H40N2O. The van der Waals surface area contributed by atoms with E-state index < -0.39 is 0 Å². The minimum absolute atomic E-state index is 0.892. The van der Waals surface area contributed by atoms with Gasteiger partial charge in [0.2, 0.25) is 0 Å². The lowest BCUT2D eigenvalue weighted by molar-refractivity contribution is 0.669. The molecule has 304 valence electrons. The van der Waals surface area contributed by atoms with Gasteiger partial charge >= 0.3 is 0 Å². The number of fused-ring (bicyclic) bond motifs is 9. The number of hydrogen-bond acceptors (Lipinski definition) is 2. The number of benzene rings is 11. The molecule has 0 atom stereocenters. The smallest absolute Gasteiger partial charge is 0.136 e. The molecule has 0 amide bonds. The van der Waals surface area contributed by atoms with Crippen LogP contribution in [0.3, 0.4) is 0 Å². The van der Waals surface area contributed by atoms with Gasteiger partial charge in [0.25, 0.3) is 0 Å². The van der Waals surface area contributed by atoms with Crippen LogP contribution in [0.25, 0.3) is 104 Å². The molecule has 0 spiro atoms. The van der Waals surface area contributed by atoms with E-state index in [1.807, 2.05) is 12.1 Å². The molecule has 3 nitrogen and oxygen atoms in total. The molecule has 11 aromatic carbocycles. The predicted molar refractivity (Wildman–Crippen MR) is 274 cm³/mol. The number of para-hydroxylation sites is 3. The van der Waals surface area contributed by atoms with Gasteiger partial charge in [-0.2, -0.15) is 0 Å². The van der Waals surface area contributed by atoms with Crippen molar-refractivity contribution in [1.29, 1.82) is 0 Å². The summed E-state index contributed by atoms with van der Waals surface area (Å²) < 4.78 is 8.71. The minimum atomic E-state index is 0.892. The van der Waals surface area contributed by atoms with Crippen molar-refractivity contribution in [3.8, 4) is 39.1 Å². The maximum atomic E-state index is 6.33. The van der Waals surface area contributed by atoms with E-state index in [0.717, 1.165) is 61.4 Å². The molecule has 13 rings (SSSR count). The zero-order valence-electron chi connectivity index (χ0n) is 35.4. The highest BCUT2D eigenvalue weighted by Gasteiger charge is 2.19. The van der Waals surface area contributed by atoms with Crippen LogP contribution in [0.15, 0.2) is 247 Å². The second-order valence-corrected chi connectivity index (χ2v) is 16.9. The Hall–Kier alpha value is -8.66. The Labute approximate surface area is 376 Å². The molecule has 0 bridgehead atoms. The maximum Gasteiger partial charge on any atom is 0.136 e. The maximum absolute atomic E-state index is 6.33. The summed E-state index contributed by atoms with van der Waals surface area (Å²) in [6.45, 7) is 0. The Bertz CT molecular complexity index is 3900. The molecule has 65 heavy (non-hydrogen) atoms. The summed E-state index contributed by atoms with van der Waals surface area (Å²) in [7, 11) is 0. The first kappa shape index (κ1) is 36.9. The van der Waals surface area contributed by atoms with Gasteiger partial charge in [-0.15, -0.1) is 0 Å². The van der Waals surface area contributed by atoms with Crippen LogP contribution in [0.4, 0.5) is 17.1 Å². The summed E-state index contributed by atoms with van der Waals surface area (Å²) in [5.41, 5.74) is 15.6. The van der Waals surface area contributed by atoms with Crippen molar-refractivity contribution in [3.05, 3.63) is 243 Å². The van der Waals surface area contributed by atoms with Gasteiger partial charge < -0.3 is 13.9 Å². The minimum Gasteiger partial charge on any atom is -0.456 e.